The molecule has 0 fully saturated rings. The molecule has 9 nitrogen and oxygen atoms in total. The maximum atomic E-state index is 14.1. The van der Waals surface area contributed by atoms with E-state index >= 15 is 0 Å². The SMILES string of the molecule is COC(=O)c1c(NC(=O)C(Sc2cccc(NC(=O)/C(=C/c3ccco3)NC(=O)c3ccccc3)c2)c2ccccc2)sc2c1CCCCC2. The van der Waals surface area contributed by atoms with E-state index in [1.165, 1.54) is 42.5 Å². The first-order chi connectivity index (χ1) is 24.4. The molecule has 11 heteroatoms. The first-order valence-electron chi connectivity index (χ1n) is 16.2. The summed E-state index contributed by atoms with van der Waals surface area (Å²) in [5, 5.41) is 8.45. The minimum atomic E-state index is -0.686. The van der Waals surface area contributed by atoms with Crippen molar-refractivity contribution < 1.29 is 28.3 Å². The number of carbonyl (C=O) groups excluding carboxylic acids is 4. The van der Waals surface area contributed by atoms with Crippen molar-refractivity contribution in [2.75, 3.05) is 17.7 Å². The van der Waals surface area contributed by atoms with E-state index in [1.54, 1.807) is 60.7 Å². The van der Waals surface area contributed by atoms with Crippen LogP contribution in [0.15, 0.2) is 118 Å². The number of furan rings is 1. The first-order valence-corrected chi connectivity index (χ1v) is 17.9. The normalized spacial score (nSPS) is 13.3. The second kappa shape index (κ2) is 16.3. The van der Waals surface area contributed by atoms with E-state index in [0.29, 0.717) is 32.5 Å². The average Bonchev–Trinajstić information content (AvgIpc) is 3.71. The molecule has 1 unspecified atom stereocenters. The molecule has 2 heterocycles. The molecule has 0 saturated heterocycles. The highest BCUT2D eigenvalue weighted by atomic mass is 32.2. The Hall–Kier alpha value is -5.39. The van der Waals surface area contributed by atoms with E-state index in [2.05, 4.69) is 16.0 Å². The van der Waals surface area contributed by atoms with Gasteiger partial charge in [-0.1, -0.05) is 61.0 Å². The summed E-state index contributed by atoms with van der Waals surface area (Å²) in [6.45, 7) is 0. The number of thioether (sulfide) groups is 1. The van der Waals surface area contributed by atoms with Crippen LogP contribution in [0.25, 0.3) is 6.08 Å². The first kappa shape index (κ1) is 34.5. The highest BCUT2D eigenvalue weighted by Crippen LogP contribution is 2.41. The van der Waals surface area contributed by atoms with Gasteiger partial charge in [-0.15, -0.1) is 23.1 Å². The predicted octanol–water partition coefficient (Wildman–Crippen LogP) is 8.28. The molecule has 1 atom stereocenters. The molecule has 0 spiro atoms. The maximum Gasteiger partial charge on any atom is 0.341 e. The Bertz CT molecular complexity index is 2010. The van der Waals surface area contributed by atoms with Crippen LogP contribution in [0.5, 0.6) is 0 Å². The third kappa shape index (κ3) is 8.42. The topological polar surface area (TPSA) is 127 Å². The molecule has 0 aliphatic heterocycles. The largest absolute Gasteiger partial charge is 0.465 e. The lowest BCUT2D eigenvalue weighted by Crippen LogP contribution is -2.30. The van der Waals surface area contributed by atoms with Gasteiger partial charge in [-0.05, 0) is 79.3 Å². The van der Waals surface area contributed by atoms with Gasteiger partial charge in [0, 0.05) is 27.1 Å². The summed E-state index contributed by atoms with van der Waals surface area (Å²) >= 11 is 2.76. The van der Waals surface area contributed by atoms with Crippen LogP contribution in [0.2, 0.25) is 0 Å². The van der Waals surface area contributed by atoms with Gasteiger partial charge in [0.1, 0.15) is 21.7 Å². The number of hydrogen-bond donors (Lipinski definition) is 3. The summed E-state index contributed by atoms with van der Waals surface area (Å²) in [6.07, 6.45) is 7.69. The van der Waals surface area contributed by atoms with Crippen LogP contribution < -0.4 is 16.0 Å². The molecule has 3 N–H and O–H groups in total. The van der Waals surface area contributed by atoms with Crippen molar-refractivity contribution in [2.24, 2.45) is 0 Å². The van der Waals surface area contributed by atoms with Crippen LogP contribution >= 0.6 is 23.1 Å². The number of amides is 3. The van der Waals surface area contributed by atoms with Crippen molar-refractivity contribution in [1.82, 2.24) is 5.32 Å². The second-order valence-corrected chi connectivity index (χ2v) is 13.8. The molecule has 1 aliphatic carbocycles. The standard InChI is InChI=1S/C39H35N3O6S2/c1-47-39(46)33-30-20-9-4-10-21-32(30)50-38(33)42-37(45)34(25-13-5-2-6-14-25)49-29-19-11-17-27(23-29)40-36(44)31(24-28-18-12-22-48-28)41-35(43)26-15-7-3-8-16-26/h2-3,5-8,11-19,22-24,34H,4,9-10,20-21H2,1H3,(H,40,44)(H,41,43)(H,42,45)/b31-24-. The number of benzene rings is 3. The molecule has 0 saturated carbocycles. The molecule has 6 rings (SSSR count). The molecule has 50 heavy (non-hydrogen) atoms. The van der Waals surface area contributed by atoms with Crippen LogP contribution in [-0.2, 0) is 27.2 Å². The van der Waals surface area contributed by atoms with Gasteiger partial charge in [-0.25, -0.2) is 4.79 Å². The van der Waals surface area contributed by atoms with Gasteiger partial charge < -0.3 is 25.1 Å². The minimum Gasteiger partial charge on any atom is -0.465 e. The number of esters is 1. The number of aryl methyl sites for hydroxylation is 1. The predicted molar refractivity (Wildman–Crippen MR) is 196 cm³/mol. The Morgan fingerprint density at radius 3 is 2.36 bits per heavy atom. The quantitative estimate of drug-likeness (QED) is 0.0547. The van der Waals surface area contributed by atoms with E-state index in [-0.39, 0.29) is 11.6 Å². The maximum absolute atomic E-state index is 14.1. The zero-order chi connectivity index (χ0) is 34.9. The van der Waals surface area contributed by atoms with Crippen LogP contribution in [0, 0.1) is 0 Å². The summed E-state index contributed by atoms with van der Waals surface area (Å²) in [4.78, 5) is 55.4. The molecule has 0 radical (unpaired) electrons. The molecule has 2 aromatic heterocycles. The second-order valence-electron chi connectivity index (χ2n) is 11.5. The highest BCUT2D eigenvalue weighted by Gasteiger charge is 2.29. The van der Waals surface area contributed by atoms with Crippen molar-refractivity contribution >= 4 is 63.6 Å². The molecule has 1 aliphatic rings. The fourth-order valence-electron chi connectivity index (χ4n) is 5.67. The molecule has 0 bridgehead atoms. The van der Waals surface area contributed by atoms with Crippen LogP contribution in [-0.4, -0.2) is 30.8 Å². The molecular weight excluding hydrogens is 671 g/mol. The fraction of sp³-hybridized carbons (Fsp3) is 0.179. The number of rotatable bonds is 11. The van der Waals surface area contributed by atoms with E-state index < -0.39 is 23.0 Å². The van der Waals surface area contributed by atoms with Gasteiger partial charge in [-0.3, -0.25) is 14.4 Å². The van der Waals surface area contributed by atoms with Crippen LogP contribution in [0.1, 0.15) is 67.0 Å². The highest BCUT2D eigenvalue weighted by molar-refractivity contribution is 8.00. The molecule has 5 aromatic rings. The van der Waals surface area contributed by atoms with Gasteiger partial charge in [-0.2, -0.15) is 0 Å². The van der Waals surface area contributed by atoms with Gasteiger partial charge in [0.15, 0.2) is 0 Å². The lowest BCUT2D eigenvalue weighted by atomic mass is 10.1. The molecule has 3 amide bonds. The zero-order valence-electron chi connectivity index (χ0n) is 27.3. The Kier molecular flexibility index (Phi) is 11.3. The van der Waals surface area contributed by atoms with E-state index in [4.69, 9.17) is 9.15 Å². The van der Waals surface area contributed by atoms with Crippen molar-refractivity contribution in [2.45, 2.75) is 42.2 Å². The Balaban J connectivity index is 1.23. The third-order valence-electron chi connectivity index (χ3n) is 8.09. The average molecular weight is 706 g/mol. The van der Waals surface area contributed by atoms with E-state index in [9.17, 15) is 19.2 Å². The zero-order valence-corrected chi connectivity index (χ0v) is 28.9. The van der Waals surface area contributed by atoms with Crippen LogP contribution in [0.4, 0.5) is 10.7 Å². The lowest BCUT2D eigenvalue weighted by Gasteiger charge is -2.18. The molecule has 3 aromatic carbocycles. The third-order valence-corrected chi connectivity index (χ3v) is 10.5. The number of thiophene rings is 1. The fourth-order valence-corrected chi connectivity index (χ4v) is 8.03. The summed E-state index contributed by atoms with van der Waals surface area (Å²) in [5.74, 6) is -1.35. The Labute approximate surface area is 298 Å². The molecular formula is C39H35N3O6S2. The molecule has 254 valence electrons. The number of ether oxygens (including phenoxy) is 1. The van der Waals surface area contributed by atoms with Gasteiger partial charge in [0.25, 0.3) is 11.8 Å². The lowest BCUT2D eigenvalue weighted by molar-refractivity contribution is -0.116. The van der Waals surface area contributed by atoms with Crippen molar-refractivity contribution in [3.05, 3.63) is 142 Å². The Morgan fingerprint density at radius 1 is 0.860 bits per heavy atom. The smallest absolute Gasteiger partial charge is 0.341 e. The minimum absolute atomic E-state index is 0.0100. The van der Waals surface area contributed by atoms with Gasteiger partial charge >= 0.3 is 5.97 Å². The Morgan fingerprint density at radius 2 is 1.62 bits per heavy atom. The number of methoxy groups -OCH3 is 1. The van der Waals surface area contributed by atoms with Crippen molar-refractivity contribution in [1.29, 1.82) is 0 Å². The van der Waals surface area contributed by atoms with Crippen molar-refractivity contribution in [3.63, 3.8) is 0 Å². The summed E-state index contributed by atoms with van der Waals surface area (Å²) in [6, 6.07) is 28.5. The summed E-state index contributed by atoms with van der Waals surface area (Å²) in [7, 11) is 1.36. The number of anilines is 2. The van der Waals surface area contributed by atoms with Gasteiger partial charge in [0.05, 0.1) is 18.9 Å². The number of carbonyl (C=O) groups is 4. The summed E-state index contributed by atoms with van der Waals surface area (Å²) in [5.41, 5.74) is 3.04. The number of fused-ring (bicyclic) bond motifs is 1. The number of hydrogen-bond acceptors (Lipinski definition) is 8. The van der Waals surface area contributed by atoms with E-state index in [0.717, 1.165) is 48.1 Å². The number of nitrogens with one attached hydrogen (secondary N) is 3. The summed E-state index contributed by atoms with van der Waals surface area (Å²) < 4.78 is 10.5. The van der Waals surface area contributed by atoms with Crippen LogP contribution in [0.3, 0.4) is 0 Å². The van der Waals surface area contributed by atoms with Crippen molar-refractivity contribution in [3.8, 4) is 0 Å². The van der Waals surface area contributed by atoms with E-state index in [1.807, 2.05) is 36.4 Å². The van der Waals surface area contributed by atoms with Gasteiger partial charge in [0.2, 0.25) is 5.91 Å². The monoisotopic (exact) mass is 705 g/mol.